The second kappa shape index (κ2) is 13.3. The quantitative estimate of drug-likeness (QED) is 0.616. The van der Waals surface area contributed by atoms with Crippen LogP contribution in [0.25, 0.3) is 0 Å². The second-order valence-electron chi connectivity index (χ2n) is 10.6. The van der Waals surface area contributed by atoms with Gasteiger partial charge in [0.1, 0.15) is 6.73 Å². The van der Waals surface area contributed by atoms with Gasteiger partial charge in [0.25, 0.3) is 0 Å². The van der Waals surface area contributed by atoms with Gasteiger partial charge < -0.3 is 19.3 Å². The Hall–Kier alpha value is -0.240. The summed E-state index contributed by atoms with van der Waals surface area (Å²) in [4.78, 5) is 10.2. The first-order valence-electron chi connectivity index (χ1n) is 12.2. The van der Waals surface area contributed by atoms with Crippen LogP contribution >= 0.6 is 0 Å². The molecule has 0 aromatic heterocycles. The van der Waals surface area contributed by atoms with Gasteiger partial charge in [-0.2, -0.15) is 0 Å². The molecule has 0 aliphatic carbocycles. The Bertz CT molecular complexity index is 447. The normalized spacial score (nSPS) is 23.3. The number of rotatable bonds is 7. The third-order valence-electron chi connectivity index (χ3n) is 5.86. The minimum Gasteiger partial charge on any atom is -0.360 e. The van der Waals surface area contributed by atoms with E-state index in [9.17, 15) is 0 Å². The van der Waals surface area contributed by atoms with Gasteiger partial charge in [-0.3, -0.25) is 9.80 Å². The largest absolute Gasteiger partial charge is 0.360 e. The van der Waals surface area contributed by atoms with E-state index < -0.39 is 0 Å². The number of likely N-dealkylation sites (N-methyl/N-ethyl adjacent to an activating group) is 2. The standard InChI is InChI=1S/C24H52N4O2/c1-10-22-19-27(20-29-23(4,5)6)16-15-25(11-2)13-14-26(12-3)17-18-28(22)21-30-24(7,8)9/h22H,10-21H2,1-9H3. The van der Waals surface area contributed by atoms with Crippen molar-refractivity contribution in [3.05, 3.63) is 0 Å². The summed E-state index contributed by atoms with van der Waals surface area (Å²) < 4.78 is 12.4. The number of ether oxygens (including phenoxy) is 2. The van der Waals surface area contributed by atoms with Gasteiger partial charge in [-0.25, -0.2) is 0 Å². The molecule has 6 heteroatoms. The van der Waals surface area contributed by atoms with Crippen molar-refractivity contribution in [3.63, 3.8) is 0 Å². The summed E-state index contributed by atoms with van der Waals surface area (Å²) in [5.74, 6) is 0. The summed E-state index contributed by atoms with van der Waals surface area (Å²) in [6.45, 7) is 30.9. The van der Waals surface area contributed by atoms with Crippen molar-refractivity contribution in [1.82, 2.24) is 19.6 Å². The molecule has 30 heavy (non-hydrogen) atoms. The molecule has 0 bridgehead atoms. The molecular weight excluding hydrogens is 376 g/mol. The van der Waals surface area contributed by atoms with Crippen molar-refractivity contribution < 1.29 is 9.47 Å². The first-order chi connectivity index (χ1) is 14.0. The summed E-state index contributed by atoms with van der Waals surface area (Å²) in [5, 5.41) is 0. The predicted molar refractivity (Wildman–Crippen MR) is 128 cm³/mol. The monoisotopic (exact) mass is 428 g/mol. The van der Waals surface area contributed by atoms with Gasteiger partial charge in [0, 0.05) is 51.9 Å². The Morgan fingerprint density at radius 1 is 0.633 bits per heavy atom. The van der Waals surface area contributed by atoms with E-state index in [0.717, 1.165) is 65.3 Å². The molecule has 180 valence electrons. The smallest absolute Gasteiger partial charge is 0.100 e. The summed E-state index contributed by atoms with van der Waals surface area (Å²) in [6, 6.07) is 0.462. The van der Waals surface area contributed by atoms with Crippen LogP contribution < -0.4 is 0 Å². The second-order valence-corrected chi connectivity index (χ2v) is 10.6. The zero-order chi connectivity index (χ0) is 22.8. The van der Waals surface area contributed by atoms with Crippen LogP contribution in [-0.4, -0.2) is 109 Å². The van der Waals surface area contributed by atoms with E-state index in [1.807, 2.05) is 0 Å². The van der Waals surface area contributed by atoms with E-state index >= 15 is 0 Å². The summed E-state index contributed by atoms with van der Waals surface area (Å²) in [6.07, 6.45) is 1.11. The third kappa shape index (κ3) is 12.0. The van der Waals surface area contributed by atoms with E-state index in [1.165, 1.54) is 0 Å². The van der Waals surface area contributed by atoms with Gasteiger partial charge >= 0.3 is 0 Å². The van der Waals surface area contributed by atoms with Crippen molar-refractivity contribution >= 4 is 0 Å². The SMILES string of the molecule is CCC1CN(COC(C)(C)C)CCN(CC)CCN(CC)CCN1COC(C)(C)C. The fourth-order valence-corrected chi connectivity index (χ4v) is 3.61. The zero-order valence-corrected chi connectivity index (χ0v) is 21.7. The van der Waals surface area contributed by atoms with Gasteiger partial charge in [-0.1, -0.05) is 20.8 Å². The maximum Gasteiger partial charge on any atom is 0.100 e. The minimum absolute atomic E-state index is 0.119. The average molecular weight is 429 g/mol. The van der Waals surface area contributed by atoms with Gasteiger partial charge in [0.05, 0.1) is 17.9 Å². The molecule has 1 unspecified atom stereocenters. The lowest BCUT2D eigenvalue weighted by Crippen LogP contribution is -2.51. The Balaban J connectivity index is 2.98. The van der Waals surface area contributed by atoms with Crippen LogP contribution in [-0.2, 0) is 9.47 Å². The van der Waals surface area contributed by atoms with Gasteiger partial charge in [0.15, 0.2) is 0 Å². The predicted octanol–water partition coefficient (Wildman–Crippen LogP) is 3.57. The Morgan fingerprint density at radius 3 is 1.50 bits per heavy atom. The third-order valence-corrected chi connectivity index (χ3v) is 5.86. The van der Waals surface area contributed by atoms with Crippen molar-refractivity contribution in [2.24, 2.45) is 0 Å². The van der Waals surface area contributed by atoms with Crippen molar-refractivity contribution in [1.29, 1.82) is 0 Å². The topological polar surface area (TPSA) is 31.4 Å². The van der Waals surface area contributed by atoms with Gasteiger partial charge in [-0.05, 0) is 61.1 Å². The number of hydrogen-bond acceptors (Lipinski definition) is 6. The van der Waals surface area contributed by atoms with Crippen LogP contribution in [0, 0.1) is 0 Å². The van der Waals surface area contributed by atoms with E-state index in [4.69, 9.17) is 9.47 Å². The molecule has 6 nitrogen and oxygen atoms in total. The zero-order valence-electron chi connectivity index (χ0n) is 21.7. The van der Waals surface area contributed by atoms with Crippen molar-refractivity contribution in [3.8, 4) is 0 Å². The molecule has 1 heterocycles. The molecule has 0 saturated carbocycles. The Labute approximate surface area is 187 Å². The number of nitrogens with zero attached hydrogens (tertiary/aromatic N) is 4. The molecule has 0 radical (unpaired) electrons. The van der Waals surface area contributed by atoms with Gasteiger partial charge in [0.2, 0.25) is 0 Å². The van der Waals surface area contributed by atoms with Crippen molar-refractivity contribution in [2.75, 3.05) is 72.4 Å². The molecule has 1 aliphatic heterocycles. The molecule has 1 rings (SSSR count). The molecule has 0 aromatic rings. The lowest BCUT2D eigenvalue weighted by Gasteiger charge is -2.39. The minimum atomic E-state index is -0.122. The van der Waals surface area contributed by atoms with Crippen LogP contribution in [0.2, 0.25) is 0 Å². The highest BCUT2D eigenvalue weighted by Crippen LogP contribution is 2.15. The van der Waals surface area contributed by atoms with Crippen LogP contribution in [0.4, 0.5) is 0 Å². The highest BCUT2D eigenvalue weighted by Gasteiger charge is 2.25. The van der Waals surface area contributed by atoms with Crippen molar-refractivity contribution in [2.45, 2.75) is 86.0 Å². The molecule has 0 N–H and O–H groups in total. The fraction of sp³-hybridized carbons (Fsp3) is 1.00. The highest BCUT2D eigenvalue weighted by atomic mass is 16.5. The number of hydrogen-bond donors (Lipinski definition) is 0. The maximum absolute atomic E-state index is 6.23. The maximum atomic E-state index is 6.23. The van der Waals surface area contributed by atoms with E-state index in [2.05, 4.69) is 81.9 Å². The van der Waals surface area contributed by atoms with E-state index in [1.54, 1.807) is 0 Å². The van der Waals surface area contributed by atoms with E-state index in [0.29, 0.717) is 19.5 Å². The van der Waals surface area contributed by atoms with Crippen LogP contribution in [0.5, 0.6) is 0 Å². The molecule has 0 spiro atoms. The summed E-state index contributed by atoms with van der Waals surface area (Å²) >= 11 is 0. The molecular formula is C24H52N4O2. The first kappa shape index (κ1) is 27.8. The van der Waals surface area contributed by atoms with Gasteiger partial charge in [-0.15, -0.1) is 0 Å². The average Bonchev–Trinajstić information content (AvgIpc) is 2.65. The lowest BCUT2D eigenvalue weighted by molar-refractivity contribution is -0.0969. The molecule has 1 aliphatic rings. The molecule has 1 saturated heterocycles. The van der Waals surface area contributed by atoms with Crippen LogP contribution in [0.3, 0.4) is 0 Å². The summed E-state index contributed by atoms with van der Waals surface area (Å²) in [5.41, 5.74) is -0.240. The molecule has 0 amide bonds. The van der Waals surface area contributed by atoms with E-state index in [-0.39, 0.29) is 11.2 Å². The molecule has 1 fully saturated rings. The Morgan fingerprint density at radius 2 is 1.07 bits per heavy atom. The van der Waals surface area contributed by atoms with Crippen LogP contribution in [0.15, 0.2) is 0 Å². The summed E-state index contributed by atoms with van der Waals surface area (Å²) in [7, 11) is 0. The Kier molecular flexibility index (Phi) is 12.4. The lowest BCUT2D eigenvalue weighted by atomic mass is 10.1. The fourth-order valence-electron chi connectivity index (χ4n) is 3.61. The molecule has 0 aromatic carbocycles. The van der Waals surface area contributed by atoms with Crippen LogP contribution in [0.1, 0.15) is 68.7 Å². The highest BCUT2D eigenvalue weighted by molar-refractivity contribution is 4.77. The molecule has 1 atom stereocenters. The first-order valence-corrected chi connectivity index (χ1v) is 12.2.